The fourth-order valence-corrected chi connectivity index (χ4v) is 4.56. The average molecular weight is 391 g/mol. The number of ketones is 1. The van der Waals surface area contributed by atoms with E-state index >= 15 is 0 Å². The van der Waals surface area contributed by atoms with E-state index < -0.39 is 10.0 Å². The zero-order valence-electron chi connectivity index (χ0n) is 16.2. The van der Waals surface area contributed by atoms with Crippen molar-refractivity contribution in [2.45, 2.75) is 51.0 Å². The van der Waals surface area contributed by atoms with Crippen molar-refractivity contribution < 1.29 is 18.1 Å². The molecule has 7 heteroatoms. The van der Waals surface area contributed by atoms with E-state index in [1.165, 1.54) is 36.3 Å². The van der Waals surface area contributed by atoms with Crippen molar-refractivity contribution >= 4 is 15.8 Å². The quantitative estimate of drug-likeness (QED) is 0.756. The minimum absolute atomic E-state index is 0.0766. The first kappa shape index (κ1) is 19.8. The van der Waals surface area contributed by atoms with E-state index in [2.05, 4.69) is 6.92 Å². The molecule has 1 aliphatic heterocycles. The second kappa shape index (κ2) is 7.58. The molecule has 1 unspecified atom stereocenters. The molecule has 6 nitrogen and oxygen atoms in total. The van der Waals surface area contributed by atoms with E-state index in [1.807, 2.05) is 24.5 Å². The summed E-state index contributed by atoms with van der Waals surface area (Å²) < 4.78 is 24.9. The first-order valence-corrected chi connectivity index (χ1v) is 10.9. The first-order chi connectivity index (χ1) is 12.7. The Balaban J connectivity index is 1.87. The lowest BCUT2D eigenvalue weighted by molar-refractivity contribution is -0.920. The van der Waals surface area contributed by atoms with Crippen LogP contribution >= 0.6 is 0 Å². The molecule has 1 aliphatic rings. The zero-order valence-corrected chi connectivity index (χ0v) is 17.0. The van der Waals surface area contributed by atoms with Crippen LogP contribution in [0.15, 0.2) is 35.2 Å². The molecular formula is C20H28N3O3S+. The number of piperidine rings is 1. The number of carbonyl (C=O) groups excluding carboxylic acids is 1. The molecule has 0 bridgehead atoms. The van der Waals surface area contributed by atoms with Gasteiger partial charge in [-0.3, -0.25) is 4.79 Å². The van der Waals surface area contributed by atoms with Crippen LogP contribution in [-0.4, -0.2) is 37.9 Å². The maximum Gasteiger partial charge on any atom is 0.238 e. The molecule has 0 radical (unpaired) electrons. The molecule has 146 valence electrons. The van der Waals surface area contributed by atoms with Gasteiger partial charge in [0, 0.05) is 22.6 Å². The van der Waals surface area contributed by atoms with Crippen molar-refractivity contribution in [2.24, 2.45) is 5.14 Å². The normalized spacial score (nSPS) is 20.6. The summed E-state index contributed by atoms with van der Waals surface area (Å²) in [6.45, 7) is 7.69. The lowest BCUT2D eigenvalue weighted by Crippen LogP contribution is -3.16. The van der Waals surface area contributed by atoms with E-state index in [4.69, 9.17) is 5.14 Å². The van der Waals surface area contributed by atoms with Crippen LogP contribution in [0.4, 0.5) is 0 Å². The Hall–Kier alpha value is -1.96. The third-order valence-electron chi connectivity index (χ3n) is 5.62. The molecule has 0 aliphatic carbocycles. The van der Waals surface area contributed by atoms with Gasteiger partial charge in [0.05, 0.1) is 17.5 Å². The summed E-state index contributed by atoms with van der Waals surface area (Å²) in [5, 5.41) is 5.17. The van der Waals surface area contributed by atoms with Crippen molar-refractivity contribution in [2.75, 3.05) is 13.1 Å². The van der Waals surface area contributed by atoms with Crippen molar-refractivity contribution in [3.05, 3.63) is 47.3 Å². The first-order valence-electron chi connectivity index (χ1n) is 9.38. The van der Waals surface area contributed by atoms with Crippen LogP contribution < -0.4 is 10.0 Å². The number of Topliss-reactive ketones (excluding diaryl/α,β-unsaturated/α-hetero) is 1. The van der Waals surface area contributed by atoms with Crippen LogP contribution in [0.25, 0.3) is 5.69 Å². The van der Waals surface area contributed by atoms with Gasteiger partial charge in [-0.15, -0.1) is 0 Å². The molecule has 1 saturated heterocycles. The molecule has 2 heterocycles. The fraction of sp³-hybridized carbons (Fsp3) is 0.450. The molecule has 3 N–H and O–H groups in total. The number of sulfonamides is 1. The number of benzene rings is 1. The predicted octanol–water partition coefficient (Wildman–Crippen LogP) is 1.38. The molecule has 2 atom stereocenters. The van der Waals surface area contributed by atoms with E-state index in [0.29, 0.717) is 12.6 Å². The lowest BCUT2D eigenvalue weighted by Gasteiger charge is -2.29. The molecule has 27 heavy (non-hydrogen) atoms. The molecule has 1 aromatic carbocycles. The Bertz CT molecular complexity index is 946. The molecule has 0 amide bonds. The van der Waals surface area contributed by atoms with Gasteiger partial charge in [0.2, 0.25) is 15.8 Å². The minimum atomic E-state index is -3.72. The van der Waals surface area contributed by atoms with Crippen LogP contribution in [0.3, 0.4) is 0 Å². The smallest absolute Gasteiger partial charge is 0.238 e. The highest BCUT2D eigenvalue weighted by Crippen LogP contribution is 2.22. The highest BCUT2D eigenvalue weighted by atomic mass is 32.2. The van der Waals surface area contributed by atoms with Crippen molar-refractivity contribution in [3.63, 3.8) is 0 Å². The summed E-state index contributed by atoms with van der Waals surface area (Å²) in [5.41, 5.74) is 3.38. The third-order valence-corrected chi connectivity index (χ3v) is 6.55. The number of nitrogens with two attached hydrogens (primary N) is 1. The van der Waals surface area contributed by atoms with Crippen molar-refractivity contribution in [1.82, 2.24) is 4.57 Å². The number of aromatic nitrogens is 1. The van der Waals surface area contributed by atoms with Gasteiger partial charge in [-0.2, -0.15) is 0 Å². The van der Waals surface area contributed by atoms with E-state index in [0.717, 1.165) is 29.2 Å². The number of hydrogen-bond donors (Lipinski definition) is 2. The summed E-state index contributed by atoms with van der Waals surface area (Å²) in [7, 11) is -3.72. The minimum Gasteiger partial charge on any atom is -0.326 e. The zero-order chi connectivity index (χ0) is 19.8. The standard InChI is InChI=1S/C20H27N3O3S/c1-14-6-4-5-11-22(14)13-20(24)19-12-15(2)23(16(19)3)17-7-9-18(10-8-17)27(21,25)26/h7-10,12,14H,4-6,11,13H2,1-3H3,(H2,21,25,26)/p+1/t14-/m1/s1. The van der Waals surface area contributed by atoms with Crippen LogP contribution in [0.1, 0.15) is 47.9 Å². The number of nitrogens with one attached hydrogen (secondary N) is 1. The highest BCUT2D eigenvalue weighted by Gasteiger charge is 2.26. The number of quaternary nitrogens is 1. The molecule has 2 aromatic rings. The average Bonchev–Trinajstić information content (AvgIpc) is 2.91. The Labute approximate surface area is 161 Å². The third kappa shape index (κ3) is 4.15. The number of rotatable bonds is 5. The number of nitrogens with zero attached hydrogens (tertiary/aromatic N) is 1. The SMILES string of the molecule is Cc1cc(C(=O)C[NH+]2CCCC[C@H]2C)c(C)n1-c1ccc(S(N)(=O)=O)cc1. The van der Waals surface area contributed by atoms with Gasteiger partial charge in [0.1, 0.15) is 6.54 Å². The summed E-state index contributed by atoms with van der Waals surface area (Å²) in [5.74, 6) is 0.166. The largest absolute Gasteiger partial charge is 0.326 e. The Morgan fingerprint density at radius 1 is 1.22 bits per heavy atom. The van der Waals surface area contributed by atoms with Crippen LogP contribution in [0, 0.1) is 13.8 Å². The monoisotopic (exact) mass is 390 g/mol. The topological polar surface area (TPSA) is 86.6 Å². The van der Waals surface area contributed by atoms with Crippen molar-refractivity contribution in [3.8, 4) is 5.69 Å². The van der Waals surface area contributed by atoms with E-state index in [1.54, 1.807) is 12.1 Å². The van der Waals surface area contributed by atoms with Gasteiger partial charge in [-0.1, -0.05) is 0 Å². The molecule has 0 spiro atoms. The van der Waals surface area contributed by atoms with Gasteiger partial charge in [-0.05, 0) is 70.4 Å². The summed E-state index contributed by atoms with van der Waals surface area (Å²) in [6.07, 6.45) is 3.61. The van der Waals surface area contributed by atoms with Crippen molar-refractivity contribution in [1.29, 1.82) is 0 Å². The molecule has 0 saturated carbocycles. The second-order valence-electron chi connectivity index (χ2n) is 7.56. The Kier molecular flexibility index (Phi) is 5.55. The Morgan fingerprint density at radius 3 is 2.48 bits per heavy atom. The van der Waals surface area contributed by atoms with Crippen LogP contribution in [0.5, 0.6) is 0 Å². The number of hydrogen-bond acceptors (Lipinski definition) is 3. The van der Waals surface area contributed by atoms with Gasteiger partial charge in [-0.25, -0.2) is 13.6 Å². The van der Waals surface area contributed by atoms with Gasteiger partial charge >= 0.3 is 0 Å². The maximum absolute atomic E-state index is 12.9. The number of likely N-dealkylation sites (tertiary alicyclic amines) is 1. The highest BCUT2D eigenvalue weighted by molar-refractivity contribution is 7.89. The molecule has 3 rings (SSSR count). The van der Waals surface area contributed by atoms with Crippen LogP contribution in [-0.2, 0) is 10.0 Å². The molecular weight excluding hydrogens is 362 g/mol. The van der Waals surface area contributed by atoms with Gasteiger partial charge in [0.15, 0.2) is 0 Å². The van der Waals surface area contributed by atoms with Gasteiger partial charge < -0.3 is 9.47 Å². The fourth-order valence-electron chi connectivity index (χ4n) is 4.04. The second-order valence-corrected chi connectivity index (χ2v) is 9.13. The Morgan fingerprint density at radius 2 is 1.89 bits per heavy atom. The van der Waals surface area contributed by atoms with E-state index in [-0.39, 0.29) is 10.7 Å². The number of aryl methyl sites for hydroxylation is 1. The molecule has 1 aromatic heterocycles. The van der Waals surface area contributed by atoms with Crippen LogP contribution in [0.2, 0.25) is 0 Å². The summed E-state index contributed by atoms with van der Waals surface area (Å²) in [6, 6.07) is 8.86. The summed E-state index contributed by atoms with van der Waals surface area (Å²) in [4.78, 5) is 14.4. The lowest BCUT2D eigenvalue weighted by atomic mass is 10.0. The van der Waals surface area contributed by atoms with E-state index in [9.17, 15) is 13.2 Å². The summed E-state index contributed by atoms with van der Waals surface area (Å²) >= 11 is 0. The number of primary sulfonamides is 1. The maximum atomic E-state index is 12.9. The number of carbonyl (C=O) groups is 1. The van der Waals surface area contributed by atoms with Gasteiger partial charge in [0.25, 0.3) is 0 Å². The predicted molar refractivity (Wildman–Crippen MR) is 105 cm³/mol. The molecule has 1 fully saturated rings.